The Kier molecular flexibility index (Phi) is 6.24. The first-order valence-corrected chi connectivity index (χ1v) is 4.77. The van der Waals surface area contributed by atoms with Gasteiger partial charge >= 0.3 is 5.97 Å². The summed E-state index contributed by atoms with van der Waals surface area (Å²) in [6, 6.07) is 0. The third kappa shape index (κ3) is 4.08. The molecule has 0 fully saturated rings. The molecule has 0 saturated heterocycles. The number of unbranched alkanes of at least 4 members (excludes halogenated alkanes) is 1. The smallest absolute Gasteiger partial charge is 0.352 e. The van der Waals surface area contributed by atoms with E-state index in [9.17, 15) is 4.79 Å². The molecule has 0 bridgehead atoms. The molecule has 0 amide bonds. The average molecular weight is 185 g/mol. The lowest BCUT2D eigenvalue weighted by Crippen LogP contribution is -2.12. The highest BCUT2D eigenvalue weighted by atomic mass is 16.7. The van der Waals surface area contributed by atoms with Gasteiger partial charge in [-0.3, -0.25) is 0 Å². The van der Waals surface area contributed by atoms with E-state index in [4.69, 9.17) is 5.90 Å². The molecule has 0 aromatic heterocycles. The fraction of sp³-hybridized carbons (Fsp3) is 0.700. The van der Waals surface area contributed by atoms with Crippen molar-refractivity contribution < 1.29 is 9.63 Å². The Morgan fingerprint density at radius 3 is 2.38 bits per heavy atom. The van der Waals surface area contributed by atoms with E-state index in [-0.39, 0.29) is 0 Å². The first-order chi connectivity index (χ1) is 6.17. The maximum atomic E-state index is 11.1. The van der Waals surface area contributed by atoms with Crippen LogP contribution in [0.25, 0.3) is 0 Å². The number of hydrogen-bond acceptors (Lipinski definition) is 3. The number of carbonyl (C=O) groups is 1. The fourth-order valence-corrected chi connectivity index (χ4v) is 1.25. The molecule has 0 aromatic carbocycles. The summed E-state index contributed by atoms with van der Waals surface area (Å²) in [6.07, 6.45) is 4.10. The van der Waals surface area contributed by atoms with Crippen LogP contribution in [0.2, 0.25) is 0 Å². The van der Waals surface area contributed by atoms with Crippen LogP contribution in [0.5, 0.6) is 0 Å². The van der Waals surface area contributed by atoms with Gasteiger partial charge in [0, 0.05) is 5.57 Å². The van der Waals surface area contributed by atoms with E-state index < -0.39 is 5.97 Å². The van der Waals surface area contributed by atoms with Crippen molar-refractivity contribution in [2.24, 2.45) is 5.90 Å². The van der Waals surface area contributed by atoms with Crippen molar-refractivity contribution in [2.45, 2.75) is 46.5 Å². The second-order valence-electron chi connectivity index (χ2n) is 3.09. The van der Waals surface area contributed by atoms with E-state index in [2.05, 4.69) is 11.8 Å². The Hall–Kier alpha value is -0.830. The van der Waals surface area contributed by atoms with Gasteiger partial charge in [-0.15, -0.1) is 0 Å². The van der Waals surface area contributed by atoms with E-state index >= 15 is 0 Å². The van der Waals surface area contributed by atoms with Crippen molar-refractivity contribution in [2.75, 3.05) is 0 Å². The second-order valence-corrected chi connectivity index (χ2v) is 3.09. The number of carbonyl (C=O) groups excluding carboxylic acids is 1. The van der Waals surface area contributed by atoms with Crippen molar-refractivity contribution >= 4 is 5.97 Å². The second kappa shape index (κ2) is 6.66. The normalized spacial score (nSPS) is 12.3. The van der Waals surface area contributed by atoms with Crippen molar-refractivity contribution in [1.82, 2.24) is 0 Å². The van der Waals surface area contributed by atoms with Crippen molar-refractivity contribution in [3.63, 3.8) is 0 Å². The summed E-state index contributed by atoms with van der Waals surface area (Å²) in [5.41, 5.74) is 1.82. The monoisotopic (exact) mass is 185 g/mol. The summed E-state index contributed by atoms with van der Waals surface area (Å²) in [6.45, 7) is 5.94. The predicted octanol–water partition coefficient (Wildman–Crippen LogP) is 2.32. The molecule has 0 saturated carbocycles. The van der Waals surface area contributed by atoms with Crippen molar-refractivity contribution in [3.8, 4) is 0 Å². The molecule has 0 aromatic rings. The zero-order valence-electron chi connectivity index (χ0n) is 8.72. The molecule has 0 unspecified atom stereocenters. The Labute approximate surface area is 79.9 Å². The number of hydrogen-bond donors (Lipinski definition) is 1. The molecule has 0 spiro atoms. The molecule has 2 N–H and O–H groups in total. The molecule has 0 rings (SSSR count). The Bertz CT molecular complexity index is 197. The van der Waals surface area contributed by atoms with Crippen LogP contribution in [0, 0.1) is 0 Å². The summed E-state index contributed by atoms with van der Waals surface area (Å²) in [7, 11) is 0. The van der Waals surface area contributed by atoms with Gasteiger partial charge in [-0.25, -0.2) is 4.79 Å². The van der Waals surface area contributed by atoms with Gasteiger partial charge in [-0.1, -0.05) is 25.8 Å². The minimum absolute atomic E-state index is 0.409. The third-order valence-corrected chi connectivity index (χ3v) is 2.20. The molecule has 0 aliphatic carbocycles. The first kappa shape index (κ1) is 12.2. The van der Waals surface area contributed by atoms with Crippen LogP contribution in [0.1, 0.15) is 46.5 Å². The van der Waals surface area contributed by atoms with E-state index in [1.165, 1.54) is 0 Å². The SMILES string of the molecule is CCCCC(CC)=C(C)C(=O)ON. The quantitative estimate of drug-likeness (QED) is 0.528. The third-order valence-electron chi connectivity index (χ3n) is 2.20. The molecule has 76 valence electrons. The van der Waals surface area contributed by atoms with Crippen LogP contribution in [-0.4, -0.2) is 5.97 Å². The summed E-state index contributed by atoms with van der Waals surface area (Å²) in [4.78, 5) is 15.2. The van der Waals surface area contributed by atoms with Gasteiger partial charge in [-0.2, -0.15) is 5.90 Å². The highest BCUT2D eigenvalue weighted by molar-refractivity contribution is 5.88. The lowest BCUT2D eigenvalue weighted by atomic mass is 10.0. The van der Waals surface area contributed by atoms with E-state index in [0.717, 1.165) is 31.3 Å². The molecular formula is C10H19NO2. The van der Waals surface area contributed by atoms with Crippen molar-refractivity contribution in [3.05, 3.63) is 11.1 Å². The van der Waals surface area contributed by atoms with Gasteiger partial charge in [-0.05, 0) is 26.2 Å². The van der Waals surface area contributed by atoms with E-state index in [1.54, 1.807) is 6.92 Å². The zero-order valence-corrected chi connectivity index (χ0v) is 8.72. The minimum Gasteiger partial charge on any atom is -0.370 e. The summed E-state index contributed by atoms with van der Waals surface area (Å²) in [5.74, 6) is 4.40. The molecule has 13 heavy (non-hydrogen) atoms. The van der Waals surface area contributed by atoms with Gasteiger partial charge in [0.05, 0.1) is 0 Å². The molecule has 0 radical (unpaired) electrons. The number of allylic oxidation sites excluding steroid dienone is 1. The lowest BCUT2D eigenvalue weighted by Gasteiger charge is -2.07. The summed E-state index contributed by atoms with van der Waals surface area (Å²) in [5, 5.41) is 0. The number of nitrogens with two attached hydrogens (primary N) is 1. The van der Waals surface area contributed by atoms with Gasteiger partial charge in [0.15, 0.2) is 0 Å². The van der Waals surface area contributed by atoms with Crippen LogP contribution in [0.4, 0.5) is 0 Å². The zero-order chi connectivity index (χ0) is 10.3. The Morgan fingerprint density at radius 2 is 2.00 bits per heavy atom. The van der Waals surface area contributed by atoms with Gasteiger partial charge in [0.2, 0.25) is 0 Å². The molecule has 3 nitrogen and oxygen atoms in total. The lowest BCUT2D eigenvalue weighted by molar-refractivity contribution is -0.139. The molecule has 0 aliphatic rings. The standard InChI is InChI=1S/C10H19NO2/c1-4-6-7-9(5-2)8(3)10(12)13-11/h4-7,11H2,1-3H3. The van der Waals surface area contributed by atoms with Crippen LogP contribution in [0.15, 0.2) is 11.1 Å². The maximum Gasteiger partial charge on any atom is 0.352 e. The van der Waals surface area contributed by atoms with E-state index in [1.807, 2.05) is 6.92 Å². The summed E-state index contributed by atoms with van der Waals surface area (Å²) >= 11 is 0. The summed E-state index contributed by atoms with van der Waals surface area (Å²) < 4.78 is 0. The highest BCUT2D eigenvalue weighted by Crippen LogP contribution is 2.16. The predicted molar refractivity (Wildman–Crippen MR) is 52.8 cm³/mol. The molecular weight excluding hydrogens is 166 g/mol. The molecule has 0 aliphatic heterocycles. The topological polar surface area (TPSA) is 52.3 Å². The molecule has 0 heterocycles. The highest BCUT2D eigenvalue weighted by Gasteiger charge is 2.09. The van der Waals surface area contributed by atoms with Gasteiger partial charge in [0.25, 0.3) is 0 Å². The van der Waals surface area contributed by atoms with Crippen LogP contribution < -0.4 is 5.90 Å². The average Bonchev–Trinajstić information content (AvgIpc) is 2.17. The van der Waals surface area contributed by atoms with Crippen LogP contribution >= 0.6 is 0 Å². The first-order valence-electron chi connectivity index (χ1n) is 4.77. The fourth-order valence-electron chi connectivity index (χ4n) is 1.25. The maximum absolute atomic E-state index is 11.1. The van der Waals surface area contributed by atoms with Crippen LogP contribution in [-0.2, 0) is 9.63 Å². The van der Waals surface area contributed by atoms with Crippen molar-refractivity contribution in [1.29, 1.82) is 0 Å². The van der Waals surface area contributed by atoms with Crippen LogP contribution in [0.3, 0.4) is 0 Å². The van der Waals surface area contributed by atoms with E-state index in [0.29, 0.717) is 5.57 Å². The van der Waals surface area contributed by atoms with Gasteiger partial charge < -0.3 is 4.84 Å². The van der Waals surface area contributed by atoms with Gasteiger partial charge in [0.1, 0.15) is 0 Å². The largest absolute Gasteiger partial charge is 0.370 e. The molecule has 0 atom stereocenters. The Balaban J connectivity index is 4.39. The number of rotatable bonds is 5. The molecule has 3 heteroatoms. The Morgan fingerprint density at radius 1 is 1.38 bits per heavy atom. The minimum atomic E-state index is -0.409.